The van der Waals surface area contributed by atoms with E-state index in [0.29, 0.717) is 0 Å². The van der Waals surface area contributed by atoms with Gasteiger partial charge in [-0.05, 0) is 12.1 Å². The zero-order valence-electron chi connectivity index (χ0n) is 10.8. The Morgan fingerprint density at radius 2 is 1.95 bits per heavy atom. The fraction of sp³-hybridized carbons (Fsp3) is 0.182. The van der Waals surface area contributed by atoms with E-state index in [9.17, 15) is 8.42 Å². The first-order chi connectivity index (χ1) is 9.47. The molecule has 0 atom stereocenters. The summed E-state index contributed by atoms with van der Waals surface area (Å²) in [7, 11) is -1.21. The van der Waals surface area contributed by atoms with Gasteiger partial charge < -0.3 is 19.6 Å². The fourth-order valence-electron chi connectivity index (χ4n) is 1.49. The Morgan fingerprint density at radius 3 is 2.50 bits per heavy atom. The number of aromatic nitrogens is 1. The number of hydrogen-bond donors (Lipinski definition) is 2. The average molecular weight is 299 g/mol. The number of nitrogens with zero attached hydrogens (tertiary/aromatic N) is 1. The lowest BCUT2D eigenvalue weighted by molar-refractivity contribution is 0.282. The minimum atomic E-state index is -3.91. The molecule has 0 spiro atoms. The van der Waals surface area contributed by atoms with Crippen LogP contribution in [0.3, 0.4) is 0 Å². The van der Waals surface area contributed by atoms with Crippen LogP contribution >= 0.6 is 0 Å². The van der Waals surface area contributed by atoms with Gasteiger partial charge in [-0.2, -0.15) is 4.98 Å². The summed E-state index contributed by atoms with van der Waals surface area (Å²) < 4.78 is 41.2. The Labute approximate surface area is 115 Å². The highest BCUT2D eigenvalue weighted by molar-refractivity contribution is 7.92. The Kier molecular flexibility index (Phi) is 3.70. The van der Waals surface area contributed by atoms with E-state index in [-0.39, 0.29) is 28.4 Å². The van der Waals surface area contributed by atoms with E-state index in [1.165, 1.54) is 26.4 Å². The molecule has 0 aliphatic heterocycles. The Balaban J connectivity index is 2.34. The SMILES string of the molecule is COc1nc(NS(=O)(=O)c2ccccc2N)oc1OC. The van der Waals surface area contributed by atoms with Crippen molar-refractivity contribution in [3.63, 3.8) is 0 Å². The maximum absolute atomic E-state index is 12.1. The van der Waals surface area contributed by atoms with Gasteiger partial charge in [-0.1, -0.05) is 12.1 Å². The molecule has 0 saturated carbocycles. The third-order valence-corrected chi connectivity index (χ3v) is 3.77. The molecule has 0 fully saturated rings. The molecule has 20 heavy (non-hydrogen) atoms. The summed E-state index contributed by atoms with van der Waals surface area (Å²) in [5.74, 6) is -0.00235. The van der Waals surface area contributed by atoms with Gasteiger partial charge in [0.1, 0.15) is 4.90 Å². The molecular weight excluding hydrogens is 286 g/mol. The van der Waals surface area contributed by atoms with Crippen LogP contribution in [0.15, 0.2) is 33.6 Å². The number of ether oxygens (including phenoxy) is 2. The van der Waals surface area contributed by atoms with E-state index >= 15 is 0 Å². The van der Waals surface area contributed by atoms with Crippen LogP contribution in [0, 0.1) is 0 Å². The van der Waals surface area contributed by atoms with Gasteiger partial charge in [0.05, 0.1) is 19.9 Å². The molecule has 1 aromatic carbocycles. The van der Waals surface area contributed by atoms with Gasteiger partial charge in [-0.3, -0.25) is 0 Å². The van der Waals surface area contributed by atoms with Crippen LogP contribution in [0.4, 0.5) is 11.7 Å². The van der Waals surface area contributed by atoms with E-state index in [1.54, 1.807) is 12.1 Å². The lowest BCUT2D eigenvalue weighted by atomic mass is 10.3. The molecule has 8 nitrogen and oxygen atoms in total. The third-order valence-electron chi connectivity index (χ3n) is 2.38. The summed E-state index contributed by atoms with van der Waals surface area (Å²) in [6.07, 6.45) is 0. The van der Waals surface area contributed by atoms with Crippen LogP contribution < -0.4 is 19.9 Å². The number of rotatable bonds is 5. The zero-order chi connectivity index (χ0) is 14.8. The number of sulfonamides is 1. The number of hydrogen-bond acceptors (Lipinski definition) is 7. The highest BCUT2D eigenvalue weighted by atomic mass is 32.2. The van der Waals surface area contributed by atoms with Crippen LogP contribution in [0.2, 0.25) is 0 Å². The van der Waals surface area contributed by atoms with Crippen molar-refractivity contribution < 1.29 is 22.3 Å². The van der Waals surface area contributed by atoms with Crippen molar-refractivity contribution in [2.24, 2.45) is 0 Å². The molecule has 1 aromatic heterocycles. The minimum absolute atomic E-state index is 0.0335. The summed E-state index contributed by atoms with van der Waals surface area (Å²) in [5, 5.41) is 0. The molecule has 9 heteroatoms. The number of anilines is 2. The van der Waals surface area contributed by atoms with E-state index in [1.807, 2.05) is 0 Å². The molecule has 0 amide bonds. The third kappa shape index (κ3) is 2.62. The Morgan fingerprint density at radius 1 is 1.25 bits per heavy atom. The summed E-state index contributed by atoms with van der Waals surface area (Å²) in [6, 6.07) is 5.76. The predicted octanol–water partition coefficient (Wildman–Crippen LogP) is 1.07. The zero-order valence-corrected chi connectivity index (χ0v) is 11.6. The maximum atomic E-state index is 12.1. The van der Waals surface area contributed by atoms with Crippen LogP contribution in [0.5, 0.6) is 11.8 Å². The predicted molar refractivity (Wildman–Crippen MR) is 71.3 cm³/mol. The van der Waals surface area contributed by atoms with Crippen molar-refractivity contribution in [1.82, 2.24) is 4.98 Å². The van der Waals surface area contributed by atoms with Gasteiger partial charge in [-0.25, -0.2) is 13.1 Å². The number of benzene rings is 1. The minimum Gasteiger partial charge on any atom is -0.476 e. The summed E-state index contributed by atoms with van der Waals surface area (Å²) >= 11 is 0. The lowest BCUT2D eigenvalue weighted by Crippen LogP contribution is -2.14. The van der Waals surface area contributed by atoms with E-state index < -0.39 is 10.0 Å². The van der Waals surface area contributed by atoms with Crippen molar-refractivity contribution in [2.45, 2.75) is 4.90 Å². The molecular formula is C11H13N3O5S. The van der Waals surface area contributed by atoms with Gasteiger partial charge in [0.25, 0.3) is 10.0 Å². The van der Waals surface area contributed by atoms with Crippen LogP contribution in [-0.2, 0) is 10.0 Å². The standard InChI is InChI=1S/C11H13N3O5S/c1-17-9-10(18-2)19-11(13-9)14-20(15,16)8-6-4-3-5-7(8)12/h3-6H,12H2,1-2H3,(H,13,14). The van der Waals surface area contributed by atoms with E-state index in [4.69, 9.17) is 19.6 Å². The van der Waals surface area contributed by atoms with Crippen molar-refractivity contribution in [3.05, 3.63) is 24.3 Å². The smallest absolute Gasteiger partial charge is 0.352 e. The molecule has 1 heterocycles. The van der Waals surface area contributed by atoms with Crippen molar-refractivity contribution >= 4 is 21.7 Å². The number of nitrogen functional groups attached to an aromatic ring is 1. The second-order valence-corrected chi connectivity index (χ2v) is 5.31. The van der Waals surface area contributed by atoms with Crippen LogP contribution in [0.25, 0.3) is 0 Å². The second-order valence-electron chi connectivity index (χ2n) is 3.66. The Bertz CT molecular complexity index is 689. The quantitative estimate of drug-likeness (QED) is 0.793. The molecule has 0 aliphatic carbocycles. The molecule has 0 bridgehead atoms. The molecule has 0 saturated heterocycles. The number of methoxy groups -OCH3 is 2. The normalized spacial score (nSPS) is 11.1. The first-order valence-corrected chi connectivity index (χ1v) is 6.92. The molecule has 0 unspecified atom stereocenters. The molecule has 0 aliphatic rings. The van der Waals surface area contributed by atoms with Gasteiger partial charge in [-0.15, -0.1) is 0 Å². The van der Waals surface area contributed by atoms with Gasteiger partial charge in [0.15, 0.2) is 0 Å². The van der Waals surface area contributed by atoms with Crippen molar-refractivity contribution in [3.8, 4) is 11.8 Å². The molecule has 108 valence electrons. The highest BCUT2D eigenvalue weighted by Gasteiger charge is 2.22. The monoisotopic (exact) mass is 299 g/mol. The summed E-state index contributed by atoms with van der Waals surface area (Å²) in [6.45, 7) is 0. The maximum Gasteiger partial charge on any atom is 0.352 e. The first-order valence-electron chi connectivity index (χ1n) is 5.44. The summed E-state index contributed by atoms with van der Waals surface area (Å²) in [5.41, 5.74) is 5.74. The number of para-hydroxylation sites is 1. The van der Waals surface area contributed by atoms with Gasteiger partial charge >= 0.3 is 17.8 Å². The van der Waals surface area contributed by atoms with Crippen molar-refractivity contribution in [2.75, 3.05) is 24.7 Å². The first kappa shape index (κ1) is 14.0. The van der Waals surface area contributed by atoms with Gasteiger partial charge in [0.2, 0.25) is 0 Å². The molecule has 2 aromatic rings. The molecule has 0 radical (unpaired) electrons. The van der Waals surface area contributed by atoms with Crippen molar-refractivity contribution in [1.29, 1.82) is 0 Å². The van der Waals surface area contributed by atoms with Crippen LogP contribution in [0.1, 0.15) is 0 Å². The largest absolute Gasteiger partial charge is 0.476 e. The van der Waals surface area contributed by atoms with E-state index in [0.717, 1.165) is 0 Å². The number of nitrogens with two attached hydrogens (primary N) is 1. The number of nitrogens with one attached hydrogen (secondary N) is 1. The van der Waals surface area contributed by atoms with Gasteiger partial charge in [0, 0.05) is 0 Å². The molecule has 3 N–H and O–H groups in total. The lowest BCUT2D eigenvalue weighted by Gasteiger charge is -2.06. The average Bonchev–Trinajstić information content (AvgIpc) is 2.80. The highest BCUT2D eigenvalue weighted by Crippen LogP contribution is 2.31. The summed E-state index contributed by atoms with van der Waals surface area (Å²) in [4.78, 5) is 3.72. The topological polar surface area (TPSA) is 117 Å². The Hall–Kier alpha value is -2.42. The van der Waals surface area contributed by atoms with E-state index in [2.05, 4.69) is 9.71 Å². The fourth-order valence-corrected chi connectivity index (χ4v) is 2.55. The van der Waals surface area contributed by atoms with Crippen LogP contribution in [-0.4, -0.2) is 27.6 Å². The second kappa shape index (κ2) is 5.29. The molecule has 2 rings (SSSR count). The number of oxazole rings is 1.